The number of hydrogen-bond acceptors (Lipinski definition) is 0. The molecule has 0 aromatic rings. The molecule has 0 radical (unpaired) electrons. The average Bonchev–Trinajstić information content (AvgIpc) is 2.66. The summed E-state index contributed by atoms with van der Waals surface area (Å²) in [5.74, 6) is 4.91. The van der Waals surface area contributed by atoms with E-state index in [0.29, 0.717) is 37.9 Å². The molecule has 0 nitrogen and oxygen atoms in total. The standard InChI is InChI=1S/C30H50/c1-24(2)19-10-13-27(7,22(24)16-19)29(9)15-12-21-18-30(29,26(21,5)6)28(8)14-11-20-17-23(28)25(20,3)4/h19-23H,10-18H2,1-9H3. The smallest absolute Gasteiger partial charge is 0.0125 e. The van der Waals surface area contributed by atoms with Crippen LogP contribution in [0.1, 0.15) is 120 Å². The molecule has 0 heteroatoms. The molecule has 0 aliphatic heterocycles. The topological polar surface area (TPSA) is 0 Å². The highest BCUT2D eigenvalue weighted by Gasteiger charge is 2.83. The lowest BCUT2D eigenvalue weighted by Gasteiger charge is -2.87. The summed E-state index contributed by atoms with van der Waals surface area (Å²) in [5, 5.41) is 0. The minimum atomic E-state index is 0.499. The van der Waals surface area contributed by atoms with Crippen molar-refractivity contribution in [2.75, 3.05) is 0 Å². The molecule has 0 heterocycles. The molecule has 9 unspecified atom stereocenters. The minimum Gasteiger partial charge on any atom is -0.0594 e. The molecule has 9 atom stereocenters. The Hall–Kier alpha value is 0. The average molecular weight is 411 g/mol. The maximum Gasteiger partial charge on any atom is -0.0125 e. The fourth-order valence-electron chi connectivity index (χ4n) is 13.2. The highest BCUT2D eigenvalue weighted by Crippen LogP contribution is 2.89. The highest BCUT2D eigenvalue weighted by molar-refractivity contribution is 5.31. The summed E-state index contributed by atoms with van der Waals surface area (Å²) < 4.78 is 0. The third-order valence-electron chi connectivity index (χ3n) is 15.3. The van der Waals surface area contributed by atoms with Crippen LogP contribution in [-0.2, 0) is 0 Å². The van der Waals surface area contributed by atoms with Crippen LogP contribution in [0.5, 0.6) is 0 Å². The Balaban J connectivity index is 1.53. The van der Waals surface area contributed by atoms with E-state index in [-0.39, 0.29) is 0 Å². The van der Waals surface area contributed by atoms with Crippen LogP contribution in [-0.4, -0.2) is 0 Å². The second kappa shape index (κ2) is 5.22. The molecule has 0 N–H and O–H groups in total. The maximum absolute atomic E-state index is 2.86. The van der Waals surface area contributed by atoms with E-state index < -0.39 is 0 Å². The number of hydrogen-bond donors (Lipinski definition) is 0. The van der Waals surface area contributed by atoms with E-state index >= 15 is 0 Å². The summed E-state index contributed by atoms with van der Waals surface area (Å²) in [7, 11) is 0. The van der Waals surface area contributed by atoms with Gasteiger partial charge in [-0.05, 0) is 125 Å². The van der Waals surface area contributed by atoms with Gasteiger partial charge in [0.1, 0.15) is 0 Å². The van der Waals surface area contributed by atoms with Gasteiger partial charge in [-0.3, -0.25) is 0 Å². The summed E-state index contributed by atoms with van der Waals surface area (Å²) >= 11 is 0. The first-order valence-electron chi connectivity index (χ1n) is 13.7. The van der Waals surface area contributed by atoms with Gasteiger partial charge < -0.3 is 0 Å². The van der Waals surface area contributed by atoms with Gasteiger partial charge in [0, 0.05) is 0 Å². The van der Waals surface area contributed by atoms with Gasteiger partial charge in [0.25, 0.3) is 0 Å². The quantitative estimate of drug-likeness (QED) is 0.427. The molecular weight excluding hydrogens is 360 g/mol. The zero-order chi connectivity index (χ0) is 21.8. The molecule has 0 aromatic carbocycles. The number of rotatable bonds is 2. The van der Waals surface area contributed by atoms with Crippen molar-refractivity contribution in [2.45, 2.75) is 120 Å². The first kappa shape index (κ1) is 20.6. The van der Waals surface area contributed by atoms with Gasteiger partial charge in [-0.15, -0.1) is 0 Å². The zero-order valence-corrected chi connectivity index (χ0v) is 21.8. The summed E-state index contributed by atoms with van der Waals surface area (Å²) in [5.41, 5.74) is 3.78. The molecule has 30 heavy (non-hydrogen) atoms. The third-order valence-corrected chi connectivity index (χ3v) is 15.3. The molecule has 0 amide bonds. The van der Waals surface area contributed by atoms with Crippen LogP contribution in [0.4, 0.5) is 0 Å². The summed E-state index contributed by atoms with van der Waals surface area (Å²) in [6.07, 6.45) is 13.7. The summed E-state index contributed by atoms with van der Waals surface area (Å²) in [4.78, 5) is 0. The molecule has 9 aliphatic carbocycles. The van der Waals surface area contributed by atoms with Gasteiger partial charge in [0.05, 0.1) is 0 Å². The van der Waals surface area contributed by atoms with E-state index in [2.05, 4.69) is 62.3 Å². The van der Waals surface area contributed by atoms with E-state index in [0.717, 1.165) is 29.6 Å². The highest BCUT2D eigenvalue weighted by atomic mass is 14.9. The molecule has 9 saturated carbocycles. The molecular formula is C30H50. The van der Waals surface area contributed by atoms with Crippen molar-refractivity contribution in [2.24, 2.45) is 67.5 Å². The van der Waals surface area contributed by atoms with Gasteiger partial charge in [-0.2, -0.15) is 0 Å². The monoisotopic (exact) mass is 410 g/mol. The van der Waals surface area contributed by atoms with Crippen LogP contribution in [0.25, 0.3) is 0 Å². The molecule has 0 aromatic heterocycles. The van der Waals surface area contributed by atoms with Gasteiger partial charge in [0.2, 0.25) is 0 Å². The van der Waals surface area contributed by atoms with E-state index in [1.54, 1.807) is 6.42 Å². The van der Waals surface area contributed by atoms with Crippen LogP contribution in [0.3, 0.4) is 0 Å². The lowest BCUT2D eigenvalue weighted by molar-refractivity contribution is -0.387. The van der Waals surface area contributed by atoms with E-state index in [1.165, 1.54) is 51.4 Å². The first-order chi connectivity index (χ1) is 13.7. The second-order valence-electron chi connectivity index (χ2n) is 15.9. The minimum absolute atomic E-state index is 0.499. The van der Waals surface area contributed by atoms with Crippen LogP contribution in [0.15, 0.2) is 0 Å². The lowest BCUT2D eigenvalue weighted by atomic mass is 9.17. The Kier molecular flexibility index (Phi) is 3.58. The van der Waals surface area contributed by atoms with Crippen molar-refractivity contribution < 1.29 is 0 Å². The van der Waals surface area contributed by atoms with Crippen molar-refractivity contribution in [1.29, 1.82) is 0 Å². The van der Waals surface area contributed by atoms with E-state index in [4.69, 9.17) is 0 Å². The Bertz CT molecular complexity index is 782. The largest absolute Gasteiger partial charge is 0.0594 e. The Labute approximate surface area is 187 Å². The molecule has 170 valence electrons. The van der Waals surface area contributed by atoms with Crippen LogP contribution in [0, 0.1) is 67.5 Å². The van der Waals surface area contributed by atoms with E-state index in [9.17, 15) is 0 Å². The maximum atomic E-state index is 2.86. The van der Waals surface area contributed by atoms with Crippen molar-refractivity contribution in [3.8, 4) is 0 Å². The van der Waals surface area contributed by atoms with Crippen molar-refractivity contribution in [3.05, 3.63) is 0 Å². The zero-order valence-electron chi connectivity index (χ0n) is 21.8. The van der Waals surface area contributed by atoms with Crippen molar-refractivity contribution in [3.63, 3.8) is 0 Å². The van der Waals surface area contributed by atoms with Gasteiger partial charge in [0.15, 0.2) is 0 Å². The predicted octanol–water partition coefficient (Wildman–Crippen LogP) is 8.74. The van der Waals surface area contributed by atoms with Crippen molar-refractivity contribution >= 4 is 0 Å². The first-order valence-corrected chi connectivity index (χ1v) is 13.7. The van der Waals surface area contributed by atoms with Crippen LogP contribution in [0.2, 0.25) is 0 Å². The summed E-state index contributed by atoms with van der Waals surface area (Å²) in [6.45, 7) is 24.5. The molecule has 6 bridgehead atoms. The van der Waals surface area contributed by atoms with Crippen LogP contribution >= 0.6 is 0 Å². The van der Waals surface area contributed by atoms with Gasteiger partial charge in [-0.1, -0.05) is 62.3 Å². The normalized spacial score (nSPS) is 61.3. The Morgan fingerprint density at radius 2 is 1.00 bits per heavy atom. The molecule has 0 spiro atoms. The lowest BCUT2D eigenvalue weighted by Crippen LogP contribution is -2.80. The third kappa shape index (κ3) is 1.72. The van der Waals surface area contributed by atoms with Crippen molar-refractivity contribution in [1.82, 2.24) is 0 Å². The Morgan fingerprint density at radius 1 is 0.533 bits per heavy atom. The summed E-state index contributed by atoms with van der Waals surface area (Å²) in [6, 6.07) is 0. The fraction of sp³-hybridized carbons (Fsp3) is 1.00. The SMILES string of the molecule is CC1(C)C2CCC(C)(C3(C)CCC4CC3(C3(C)CCC5CC3C5(C)C)C4(C)C)C1C2. The van der Waals surface area contributed by atoms with Crippen LogP contribution < -0.4 is 0 Å². The van der Waals surface area contributed by atoms with E-state index in [1.807, 2.05) is 0 Å². The fourth-order valence-corrected chi connectivity index (χ4v) is 13.2. The molecule has 0 saturated heterocycles. The van der Waals surface area contributed by atoms with Gasteiger partial charge in [-0.25, -0.2) is 0 Å². The number of fused-ring (bicyclic) bond motifs is 7. The molecule has 9 fully saturated rings. The predicted molar refractivity (Wildman–Crippen MR) is 127 cm³/mol. The molecule has 9 aliphatic rings. The Morgan fingerprint density at radius 3 is 1.47 bits per heavy atom. The second-order valence-corrected chi connectivity index (χ2v) is 15.9. The molecule has 9 rings (SSSR count). The van der Waals surface area contributed by atoms with Gasteiger partial charge >= 0.3 is 0 Å².